The summed E-state index contributed by atoms with van der Waals surface area (Å²) >= 11 is 0. The van der Waals surface area contributed by atoms with E-state index in [0.717, 1.165) is 12.6 Å². The highest BCUT2D eigenvalue weighted by atomic mass is 15.3. The summed E-state index contributed by atoms with van der Waals surface area (Å²) in [7, 11) is 0. The molecule has 94 valence electrons. The summed E-state index contributed by atoms with van der Waals surface area (Å²) in [6.07, 6.45) is 6.56. The minimum absolute atomic E-state index is 0.391. The van der Waals surface area contributed by atoms with Crippen LogP contribution in [0.15, 0.2) is 0 Å². The van der Waals surface area contributed by atoms with Crippen molar-refractivity contribution in [2.75, 3.05) is 32.7 Å². The van der Waals surface area contributed by atoms with Gasteiger partial charge >= 0.3 is 0 Å². The number of hydrogen-bond acceptors (Lipinski definition) is 3. The zero-order chi connectivity index (χ0) is 11.4. The van der Waals surface area contributed by atoms with Gasteiger partial charge in [0.2, 0.25) is 0 Å². The maximum Gasteiger partial charge on any atom is 0.0235 e. The summed E-state index contributed by atoms with van der Waals surface area (Å²) < 4.78 is 0. The molecule has 2 rings (SSSR count). The smallest absolute Gasteiger partial charge is 0.0235 e. The molecule has 2 aliphatic heterocycles. The van der Waals surface area contributed by atoms with Gasteiger partial charge in [0, 0.05) is 25.2 Å². The van der Waals surface area contributed by atoms with E-state index in [0.29, 0.717) is 6.04 Å². The molecular weight excluding hydrogens is 198 g/mol. The Kier molecular flexibility index (Phi) is 4.62. The van der Waals surface area contributed by atoms with Crippen molar-refractivity contribution in [1.82, 2.24) is 9.80 Å². The molecular formula is C13H27N3. The molecule has 2 unspecified atom stereocenters. The normalized spacial score (nSPS) is 30.0. The Labute approximate surface area is 100.0 Å². The van der Waals surface area contributed by atoms with Gasteiger partial charge in [-0.3, -0.25) is 4.90 Å². The first kappa shape index (κ1) is 12.3. The lowest BCUT2D eigenvalue weighted by molar-refractivity contribution is 0.226. The summed E-state index contributed by atoms with van der Waals surface area (Å²) in [6, 6.07) is 1.22. The second kappa shape index (κ2) is 5.99. The molecule has 2 saturated heterocycles. The molecule has 0 aromatic heterocycles. The Morgan fingerprint density at radius 2 is 2.00 bits per heavy atom. The van der Waals surface area contributed by atoms with E-state index in [1.54, 1.807) is 0 Å². The van der Waals surface area contributed by atoms with Crippen molar-refractivity contribution in [3.05, 3.63) is 0 Å². The Hall–Kier alpha value is -0.120. The van der Waals surface area contributed by atoms with Crippen molar-refractivity contribution in [1.29, 1.82) is 0 Å². The number of likely N-dealkylation sites (tertiary alicyclic amines) is 2. The molecule has 0 saturated carbocycles. The highest BCUT2D eigenvalue weighted by Gasteiger charge is 2.29. The first-order valence-electron chi connectivity index (χ1n) is 7.01. The third-order valence-corrected chi connectivity index (χ3v) is 4.06. The SMILES string of the molecule is CCCC(N)CN1CCC(N2CCCC2)C1. The molecule has 0 aliphatic carbocycles. The van der Waals surface area contributed by atoms with Crippen LogP contribution in [0, 0.1) is 0 Å². The number of hydrogen-bond donors (Lipinski definition) is 1. The highest BCUT2D eigenvalue weighted by molar-refractivity contribution is 4.86. The maximum absolute atomic E-state index is 6.11. The molecule has 0 bridgehead atoms. The molecule has 0 amide bonds. The molecule has 2 heterocycles. The lowest BCUT2D eigenvalue weighted by Gasteiger charge is -2.24. The Balaban J connectivity index is 1.70. The van der Waals surface area contributed by atoms with E-state index in [2.05, 4.69) is 16.7 Å². The molecule has 0 aromatic rings. The predicted molar refractivity (Wildman–Crippen MR) is 68.5 cm³/mol. The number of nitrogens with zero attached hydrogens (tertiary/aromatic N) is 2. The summed E-state index contributed by atoms with van der Waals surface area (Å²) in [5, 5.41) is 0. The van der Waals surface area contributed by atoms with Gasteiger partial charge < -0.3 is 10.6 Å². The molecule has 2 fully saturated rings. The molecule has 2 atom stereocenters. The Morgan fingerprint density at radius 1 is 1.25 bits per heavy atom. The van der Waals surface area contributed by atoms with Crippen LogP contribution in [0.4, 0.5) is 0 Å². The Morgan fingerprint density at radius 3 is 2.69 bits per heavy atom. The first-order valence-corrected chi connectivity index (χ1v) is 7.01. The second-order valence-corrected chi connectivity index (χ2v) is 5.49. The Bertz CT molecular complexity index is 201. The third kappa shape index (κ3) is 3.19. The monoisotopic (exact) mass is 225 g/mol. The minimum Gasteiger partial charge on any atom is -0.327 e. The van der Waals surface area contributed by atoms with Gasteiger partial charge in [-0.05, 0) is 45.3 Å². The summed E-state index contributed by atoms with van der Waals surface area (Å²) in [5.74, 6) is 0. The molecule has 0 spiro atoms. The standard InChI is InChI=1S/C13H27N3/c1-2-5-12(14)10-15-9-6-13(11-15)16-7-3-4-8-16/h12-13H,2-11,14H2,1H3. The van der Waals surface area contributed by atoms with Gasteiger partial charge in [0.05, 0.1) is 0 Å². The van der Waals surface area contributed by atoms with E-state index in [4.69, 9.17) is 5.73 Å². The zero-order valence-electron chi connectivity index (χ0n) is 10.7. The van der Waals surface area contributed by atoms with Crippen LogP contribution in [0.5, 0.6) is 0 Å². The fourth-order valence-electron chi connectivity index (χ4n) is 3.18. The minimum atomic E-state index is 0.391. The van der Waals surface area contributed by atoms with Crippen molar-refractivity contribution < 1.29 is 0 Å². The number of nitrogens with two attached hydrogens (primary N) is 1. The molecule has 3 nitrogen and oxygen atoms in total. The molecule has 0 radical (unpaired) electrons. The van der Waals surface area contributed by atoms with E-state index in [9.17, 15) is 0 Å². The van der Waals surface area contributed by atoms with Gasteiger partial charge in [-0.15, -0.1) is 0 Å². The van der Waals surface area contributed by atoms with Gasteiger partial charge in [-0.25, -0.2) is 0 Å². The summed E-state index contributed by atoms with van der Waals surface area (Å²) in [6.45, 7) is 8.52. The zero-order valence-corrected chi connectivity index (χ0v) is 10.7. The van der Waals surface area contributed by atoms with Crippen LogP contribution in [0.2, 0.25) is 0 Å². The fraction of sp³-hybridized carbons (Fsp3) is 1.00. The second-order valence-electron chi connectivity index (χ2n) is 5.49. The predicted octanol–water partition coefficient (Wildman–Crippen LogP) is 1.28. The molecule has 16 heavy (non-hydrogen) atoms. The first-order chi connectivity index (χ1) is 7.79. The average molecular weight is 225 g/mol. The van der Waals surface area contributed by atoms with Crippen LogP contribution < -0.4 is 5.73 Å². The van der Waals surface area contributed by atoms with Crippen molar-refractivity contribution in [3.63, 3.8) is 0 Å². The summed E-state index contributed by atoms with van der Waals surface area (Å²) in [5.41, 5.74) is 6.11. The van der Waals surface area contributed by atoms with Gasteiger partial charge in [0.1, 0.15) is 0 Å². The van der Waals surface area contributed by atoms with Crippen LogP contribution in [-0.2, 0) is 0 Å². The van der Waals surface area contributed by atoms with Crippen molar-refractivity contribution in [2.24, 2.45) is 5.73 Å². The average Bonchev–Trinajstić information content (AvgIpc) is 2.86. The molecule has 2 aliphatic rings. The lowest BCUT2D eigenvalue weighted by atomic mass is 10.2. The van der Waals surface area contributed by atoms with E-state index >= 15 is 0 Å². The van der Waals surface area contributed by atoms with E-state index < -0.39 is 0 Å². The van der Waals surface area contributed by atoms with E-state index in [-0.39, 0.29) is 0 Å². The van der Waals surface area contributed by atoms with E-state index in [1.807, 2.05) is 0 Å². The summed E-state index contributed by atoms with van der Waals surface area (Å²) in [4.78, 5) is 5.26. The maximum atomic E-state index is 6.11. The van der Waals surface area contributed by atoms with Crippen molar-refractivity contribution in [2.45, 2.75) is 51.1 Å². The van der Waals surface area contributed by atoms with Crippen LogP contribution >= 0.6 is 0 Å². The molecule has 2 N–H and O–H groups in total. The molecule has 0 aromatic carbocycles. The fourth-order valence-corrected chi connectivity index (χ4v) is 3.18. The van der Waals surface area contributed by atoms with Crippen molar-refractivity contribution >= 4 is 0 Å². The van der Waals surface area contributed by atoms with E-state index in [1.165, 1.54) is 58.3 Å². The van der Waals surface area contributed by atoms with Crippen molar-refractivity contribution in [3.8, 4) is 0 Å². The topological polar surface area (TPSA) is 32.5 Å². The van der Waals surface area contributed by atoms with Crippen LogP contribution in [0.25, 0.3) is 0 Å². The van der Waals surface area contributed by atoms with Gasteiger partial charge in [0.15, 0.2) is 0 Å². The lowest BCUT2D eigenvalue weighted by Crippen LogP contribution is -2.39. The number of rotatable bonds is 5. The van der Waals surface area contributed by atoms with Crippen LogP contribution in [0.3, 0.4) is 0 Å². The third-order valence-electron chi connectivity index (χ3n) is 4.06. The van der Waals surface area contributed by atoms with Crippen LogP contribution in [0.1, 0.15) is 39.0 Å². The largest absolute Gasteiger partial charge is 0.327 e. The van der Waals surface area contributed by atoms with Crippen LogP contribution in [-0.4, -0.2) is 54.6 Å². The molecule has 3 heteroatoms. The highest BCUT2D eigenvalue weighted by Crippen LogP contribution is 2.20. The quantitative estimate of drug-likeness (QED) is 0.765. The van der Waals surface area contributed by atoms with Gasteiger partial charge in [-0.2, -0.15) is 0 Å². The van der Waals surface area contributed by atoms with Gasteiger partial charge in [0.25, 0.3) is 0 Å². The van der Waals surface area contributed by atoms with Gasteiger partial charge in [-0.1, -0.05) is 13.3 Å².